The Hall–Kier alpha value is -1.32. The van der Waals surface area contributed by atoms with Gasteiger partial charge in [0.05, 0.1) is 5.41 Å². The molecule has 1 aromatic rings. The van der Waals surface area contributed by atoms with Crippen molar-refractivity contribution in [1.29, 1.82) is 0 Å². The molecule has 1 saturated heterocycles. The van der Waals surface area contributed by atoms with E-state index in [-0.39, 0.29) is 11.3 Å². The van der Waals surface area contributed by atoms with Crippen LogP contribution in [0, 0.1) is 5.41 Å². The molecule has 0 bridgehead atoms. The molecule has 80 valence electrons. The Kier molecular flexibility index (Phi) is 1.84. The first-order valence-electron chi connectivity index (χ1n) is 5.60. The van der Waals surface area contributed by atoms with Crippen molar-refractivity contribution in [2.45, 2.75) is 31.6 Å². The number of aromatic nitrogens is 2. The number of rotatable bonds is 1. The molecular weight excluding hydrogens is 190 g/mol. The van der Waals surface area contributed by atoms with Crippen molar-refractivity contribution in [3.05, 3.63) is 18.0 Å². The average Bonchev–Trinajstić information content (AvgIpc) is 2.93. The first-order valence-corrected chi connectivity index (χ1v) is 5.60. The van der Waals surface area contributed by atoms with Gasteiger partial charge in [0, 0.05) is 24.4 Å². The van der Waals surface area contributed by atoms with Gasteiger partial charge in [-0.15, -0.1) is 0 Å². The maximum Gasteiger partial charge on any atom is 0.226 e. The van der Waals surface area contributed by atoms with Gasteiger partial charge in [-0.25, -0.2) is 0 Å². The second-order valence-electron chi connectivity index (χ2n) is 4.64. The summed E-state index contributed by atoms with van der Waals surface area (Å²) in [5.41, 5.74) is 0.974. The summed E-state index contributed by atoms with van der Waals surface area (Å²) in [6, 6.07) is 1.99. The fourth-order valence-corrected chi connectivity index (χ4v) is 3.17. The standard InChI is InChI=1S/C11H15N3O/c15-10-11(4-1-2-5-11)8(7-12-10)9-3-6-13-14-9/h3,6,8H,1-2,4-5,7H2,(H,12,15)(H,13,14). The number of hydrogen-bond donors (Lipinski definition) is 2. The van der Waals surface area contributed by atoms with Crippen LogP contribution in [0.5, 0.6) is 0 Å². The normalized spacial score (nSPS) is 28.5. The van der Waals surface area contributed by atoms with Crippen molar-refractivity contribution in [2.75, 3.05) is 6.54 Å². The van der Waals surface area contributed by atoms with E-state index in [1.165, 1.54) is 12.8 Å². The van der Waals surface area contributed by atoms with Crippen LogP contribution >= 0.6 is 0 Å². The highest BCUT2D eigenvalue weighted by molar-refractivity contribution is 5.86. The number of carbonyl (C=O) groups is 1. The van der Waals surface area contributed by atoms with E-state index in [1.54, 1.807) is 6.20 Å². The number of hydrogen-bond acceptors (Lipinski definition) is 2. The number of amides is 1. The van der Waals surface area contributed by atoms with Gasteiger partial charge in [0.1, 0.15) is 0 Å². The van der Waals surface area contributed by atoms with Crippen LogP contribution < -0.4 is 5.32 Å². The minimum absolute atomic E-state index is 0.132. The van der Waals surface area contributed by atoms with Crippen LogP contribution in [-0.4, -0.2) is 22.6 Å². The number of carbonyl (C=O) groups excluding carboxylic acids is 1. The molecule has 3 rings (SSSR count). The molecule has 1 spiro atoms. The molecule has 2 heterocycles. The van der Waals surface area contributed by atoms with Gasteiger partial charge in [0.15, 0.2) is 0 Å². The maximum atomic E-state index is 12.0. The summed E-state index contributed by atoms with van der Waals surface area (Å²) in [5.74, 6) is 0.551. The summed E-state index contributed by atoms with van der Waals surface area (Å²) in [4.78, 5) is 12.0. The van der Waals surface area contributed by atoms with Crippen molar-refractivity contribution in [2.24, 2.45) is 5.41 Å². The molecule has 2 N–H and O–H groups in total. The summed E-state index contributed by atoms with van der Waals surface area (Å²) >= 11 is 0. The van der Waals surface area contributed by atoms with E-state index in [1.807, 2.05) is 6.07 Å². The largest absolute Gasteiger partial charge is 0.355 e. The van der Waals surface area contributed by atoms with E-state index in [0.29, 0.717) is 5.92 Å². The fourth-order valence-electron chi connectivity index (χ4n) is 3.17. The number of nitrogens with zero attached hydrogens (tertiary/aromatic N) is 1. The Balaban J connectivity index is 1.99. The topological polar surface area (TPSA) is 57.8 Å². The molecule has 4 nitrogen and oxygen atoms in total. The number of nitrogens with one attached hydrogen (secondary N) is 2. The highest BCUT2D eigenvalue weighted by Gasteiger charge is 2.52. The molecule has 2 fully saturated rings. The van der Waals surface area contributed by atoms with Crippen molar-refractivity contribution in [1.82, 2.24) is 15.5 Å². The zero-order valence-corrected chi connectivity index (χ0v) is 8.62. The molecule has 1 aliphatic carbocycles. The quantitative estimate of drug-likeness (QED) is 0.723. The lowest BCUT2D eigenvalue weighted by molar-refractivity contribution is -0.127. The van der Waals surface area contributed by atoms with Gasteiger partial charge >= 0.3 is 0 Å². The Labute approximate surface area is 88.4 Å². The van der Waals surface area contributed by atoms with E-state index >= 15 is 0 Å². The lowest BCUT2D eigenvalue weighted by atomic mass is 9.74. The summed E-state index contributed by atoms with van der Waals surface area (Å²) in [5, 5.41) is 9.99. The Bertz CT molecular complexity index is 365. The van der Waals surface area contributed by atoms with Crippen molar-refractivity contribution in [3.8, 4) is 0 Å². The molecule has 1 amide bonds. The second-order valence-corrected chi connectivity index (χ2v) is 4.64. The van der Waals surface area contributed by atoms with Crippen LogP contribution in [0.2, 0.25) is 0 Å². The Morgan fingerprint density at radius 2 is 2.20 bits per heavy atom. The molecule has 1 saturated carbocycles. The smallest absolute Gasteiger partial charge is 0.226 e. The highest BCUT2D eigenvalue weighted by atomic mass is 16.2. The molecule has 15 heavy (non-hydrogen) atoms. The minimum Gasteiger partial charge on any atom is -0.355 e. The number of H-pyrrole nitrogens is 1. The highest BCUT2D eigenvalue weighted by Crippen LogP contribution is 2.50. The van der Waals surface area contributed by atoms with Crippen LogP contribution in [0.4, 0.5) is 0 Å². The lowest BCUT2D eigenvalue weighted by Crippen LogP contribution is -2.31. The van der Waals surface area contributed by atoms with E-state index in [2.05, 4.69) is 15.5 Å². The summed E-state index contributed by atoms with van der Waals surface area (Å²) < 4.78 is 0. The maximum absolute atomic E-state index is 12.0. The molecule has 0 radical (unpaired) electrons. The van der Waals surface area contributed by atoms with E-state index in [0.717, 1.165) is 25.1 Å². The third kappa shape index (κ3) is 1.14. The van der Waals surface area contributed by atoms with Gasteiger partial charge in [-0.3, -0.25) is 9.89 Å². The monoisotopic (exact) mass is 205 g/mol. The van der Waals surface area contributed by atoms with Crippen LogP contribution in [0.1, 0.15) is 37.3 Å². The second kappa shape index (κ2) is 3.08. The SMILES string of the molecule is O=C1NCC(c2ccn[nH]2)C12CCCC2. The predicted molar refractivity (Wildman–Crippen MR) is 55.2 cm³/mol. The van der Waals surface area contributed by atoms with E-state index in [4.69, 9.17) is 0 Å². The molecular formula is C11H15N3O. The van der Waals surface area contributed by atoms with Gasteiger partial charge in [-0.1, -0.05) is 12.8 Å². The van der Waals surface area contributed by atoms with Gasteiger partial charge in [-0.2, -0.15) is 5.10 Å². The molecule has 1 unspecified atom stereocenters. The fraction of sp³-hybridized carbons (Fsp3) is 0.636. The summed E-state index contributed by atoms with van der Waals surface area (Å²) in [7, 11) is 0. The van der Waals surface area contributed by atoms with Gasteiger partial charge in [0.25, 0.3) is 0 Å². The van der Waals surface area contributed by atoms with Crippen LogP contribution in [0.15, 0.2) is 12.3 Å². The Morgan fingerprint density at radius 3 is 2.87 bits per heavy atom. The molecule has 2 aliphatic rings. The average molecular weight is 205 g/mol. The van der Waals surface area contributed by atoms with Gasteiger partial charge < -0.3 is 5.32 Å². The van der Waals surface area contributed by atoms with Crippen LogP contribution in [-0.2, 0) is 4.79 Å². The molecule has 1 aliphatic heterocycles. The van der Waals surface area contributed by atoms with Crippen LogP contribution in [0.25, 0.3) is 0 Å². The minimum atomic E-state index is -0.132. The molecule has 1 atom stereocenters. The van der Waals surface area contributed by atoms with Gasteiger partial charge in [-0.05, 0) is 18.9 Å². The zero-order valence-electron chi connectivity index (χ0n) is 8.62. The zero-order chi connectivity index (χ0) is 10.3. The third-order valence-electron chi connectivity index (χ3n) is 3.98. The molecule has 0 aromatic carbocycles. The Morgan fingerprint density at radius 1 is 1.40 bits per heavy atom. The predicted octanol–water partition coefficient (Wildman–Crippen LogP) is 1.18. The van der Waals surface area contributed by atoms with Gasteiger partial charge in [0.2, 0.25) is 5.91 Å². The van der Waals surface area contributed by atoms with Crippen molar-refractivity contribution >= 4 is 5.91 Å². The van der Waals surface area contributed by atoms with Crippen molar-refractivity contribution < 1.29 is 4.79 Å². The van der Waals surface area contributed by atoms with Crippen molar-refractivity contribution in [3.63, 3.8) is 0 Å². The molecule has 4 heteroatoms. The molecule has 1 aromatic heterocycles. The lowest BCUT2D eigenvalue weighted by Gasteiger charge is -2.26. The third-order valence-corrected chi connectivity index (χ3v) is 3.98. The van der Waals surface area contributed by atoms with E-state index < -0.39 is 0 Å². The first kappa shape index (κ1) is 8.95. The summed E-state index contributed by atoms with van der Waals surface area (Å²) in [6.07, 6.45) is 6.18. The van der Waals surface area contributed by atoms with E-state index in [9.17, 15) is 4.79 Å². The summed E-state index contributed by atoms with van der Waals surface area (Å²) in [6.45, 7) is 0.765. The number of aromatic amines is 1. The van der Waals surface area contributed by atoms with Crippen LogP contribution in [0.3, 0.4) is 0 Å². The first-order chi connectivity index (χ1) is 7.33.